The molecule has 140 valence electrons. The standard InChI is InChI=1S/C16H12F6N2O2/c17-15(18,19)11-5-10(6-12(7-11)16(20,21)22)13-3-4-24(23-13)8-26-14(25)9-1-2-9/h3-7,9H,1-2,8H2. The Bertz CT molecular complexity index is 789. The van der Waals surface area contributed by atoms with Crippen molar-refractivity contribution in [3.63, 3.8) is 0 Å². The van der Waals surface area contributed by atoms with E-state index in [0.29, 0.717) is 12.1 Å². The average Bonchev–Trinajstić information content (AvgIpc) is 3.29. The van der Waals surface area contributed by atoms with Crippen LogP contribution in [0.15, 0.2) is 30.5 Å². The quantitative estimate of drug-likeness (QED) is 0.581. The summed E-state index contributed by atoms with van der Waals surface area (Å²) in [5, 5.41) is 3.88. The molecule has 1 fully saturated rings. The van der Waals surface area contributed by atoms with Crippen LogP contribution in [0.1, 0.15) is 24.0 Å². The lowest BCUT2D eigenvalue weighted by atomic mass is 10.0. The molecule has 2 aromatic rings. The van der Waals surface area contributed by atoms with Crippen molar-refractivity contribution in [2.45, 2.75) is 31.9 Å². The summed E-state index contributed by atoms with van der Waals surface area (Å²) in [6.45, 7) is -0.263. The number of carbonyl (C=O) groups is 1. The van der Waals surface area contributed by atoms with Crippen LogP contribution in [0, 0.1) is 5.92 Å². The maximum atomic E-state index is 12.9. The van der Waals surface area contributed by atoms with E-state index in [1.54, 1.807) is 0 Å². The largest absolute Gasteiger partial charge is 0.442 e. The van der Waals surface area contributed by atoms with Gasteiger partial charge in [-0.1, -0.05) is 0 Å². The van der Waals surface area contributed by atoms with Crippen LogP contribution in [-0.2, 0) is 28.6 Å². The SMILES string of the molecule is O=C(OCn1ccc(-c2cc(C(F)(F)F)cc(C(F)(F)F)c2)n1)C1CC1. The van der Waals surface area contributed by atoms with Crippen molar-refractivity contribution in [2.75, 3.05) is 0 Å². The van der Waals surface area contributed by atoms with E-state index in [9.17, 15) is 31.1 Å². The molecule has 1 aromatic carbocycles. The van der Waals surface area contributed by atoms with E-state index in [-0.39, 0.29) is 30.0 Å². The molecule has 1 heterocycles. The molecule has 0 aliphatic heterocycles. The van der Waals surface area contributed by atoms with Gasteiger partial charge in [0.15, 0.2) is 6.73 Å². The summed E-state index contributed by atoms with van der Waals surface area (Å²) in [6.07, 6.45) is -7.07. The van der Waals surface area contributed by atoms with Crippen LogP contribution in [0.2, 0.25) is 0 Å². The lowest BCUT2D eigenvalue weighted by Crippen LogP contribution is -2.12. The highest BCUT2D eigenvalue weighted by Gasteiger charge is 2.37. The van der Waals surface area contributed by atoms with Crippen molar-refractivity contribution in [3.05, 3.63) is 41.6 Å². The smallest absolute Gasteiger partial charge is 0.416 e. The molecule has 1 aliphatic rings. The molecule has 0 radical (unpaired) electrons. The fraction of sp³-hybridized carbons (Fsp3) is 0.375. The third kappa shape index (κ3) is 4.17. The number of hydrogen-bond acceptors (Lipinski definition) is 3. The van der Waals surface area contributed by atoms with Gasteiger partial charge in [0.05, 0.1) is 22.7 Å². The minimum atomic E-state index is -4.93. The van der Waals surface area contributed by atoms with Crippen molar-refractivity contribution < 1.29 is 35.9 Å². The molecular formula is C16H12F6N2O2. The molecule has 0 atom stereocenters. The molecule has 1 aliphatic carbocycles. The maximum Gasteiger partial charge on any atom is 0.416 e. The number of carbonyl (C=O) groups excluding carboxylic acids is 1. The molecular weight excluding hydrogens is 366 g/mol. The summed E-state index contributed by atoms with van der Waals surface area (Å²) in [5.41, 5.74) is -3.27. The minimum absolute atomic E-state index is 0.0535. The molecule has 0 N–H and O–H groups in total. The van der Waals surface area contributed by atoms with E-state index >= 15 is 0 Å². The van der Waals surface area contributed by atoms with Gasteiger partial charge in [0, 0.05) is 11.8 Å². The Hall–Kier alpha value is -2.52. The zero-order valence-corrected chi connectivity index (χ0v) is 13.1. The Kier molecular flexibility index (Phi) is 4.45. The predicted molar refractivity (Wildman–Crippen MR) is 76.5 cm³/mol. The second-order valence-corrected chi connectivity index (χ2v) is 5.90. The number of ether oxygens (including phenoxy) is 1. The summed E-state index contributed by atoms with van der Waals surface area (Å²) in [6, 6.07) is 2.49. The Morgan fingerprint density at radius 1 is 1.08 bits per heavy atom. The first-order valence-electron chi connectivity index (χ1n) is 7.54. The van der Waals surface area contributed by atoms with Crippen molar-refractivity contribution in [2.24, 2.45) is 5.92 Å². The van der Waals surface area contributed by atoms with Gasteiger partial charge in [0.25, 0.3) is 0 Å². The average molecular weight is 378 g/mol. The third-order valence-corrected chi connectivity index (χ3v) is 3.77. The van der Waals surface area contributed by atoms with E-state index < -0.39 is 29.4 Å². The van der Waals surface area contributed by atoms with Gasteiger partial charge in [-0.3, -0.25) is 4.79 Å². The highest BCUT2D eigenvalue weighted by atomic mass is 19.4. The highest BCUT2D eigenvalue weighted by Crippen LogP contribution is 2.38. The predicted octanol–water partition coefficient (Wildman–Crippen LogP) is 4.50. The number of esters is 1. The summed E-state index contributed by atoms with van der Waals surface area (Å²) in [4.78, 5) is 11.5. The normalized spacial score (nSPS) is 15.2. The van der Waals surface area contributed by atoms with Crippen LogP contribution in [0.4, 0.5) is 26.3 Å². The molecule has 0 unspecified atom stereocenters. The van der Waals surface area contributed by atoms with Crippen LogP contribution in [0.5, 0.6) is 0 Å². The highest BCUT2D eigenvalue weighted by molar-refractivity contribution is 5.74. The maximum absolute atomic E-state index is 12.9. The molecule has 1 aromatic heterocycles. The first-order valence-corrected chi connectivity index (χ1v) is 7.54. The topological polar surface area (TPSA) is 44.1 Å². The fourth-order valence-electron chi connectivity index (χ4n) is 2.26. The van der Waals surface area contributed by atoms with E-state index in [4.69, 9.17) is 4.74 Å². The molecule has 4 nitrogen and oxygen atoms in total. The molecule has 0 bridgehead atoms. The molecule has 1 saturated carbocycles. The monoisotopic (exact) mass is 378 g/mol. The Morgan fingerprint density at radius 3 is 2.15 bits per heavy atom. The van der Waals surface area contributed by atoms with Crippen molar-refractivity contribution in [1.29, 1.82) is 0 Å². The van der Waals surface area contributed by atoms with E-state index in [1.807, 2.05) is 0 Å². The van der Waals surface area contributed by atoms with E-state index in [1.165, 1.54) is 12.3 Å². The number of alkyl halides is 6. The lowest BCUT2D eigenvalue weighted by molar-refractivity contribution is -0.149. The fourth-order valence-corrected chi connectivity index (χ4v) is 2.26. The van der Waals surface area contributed by atoms with Gasteiger partial charge in [-0.2, -0.15) is 31.4 Å². The second-order valence-electron chi connectivity index (χ2n) is 5.90. The molecule has 0 saturated heterocycles. The number of nitrogens with zero attached hydrogens (tertiary/aromatic N) is 2. The van der Waals surface area contributed by atoms with Gasteiger partial charge >= 0.3 is 18.3 Å². The minimum Gasteiger partial charge on any atom is -0.442 e. The van der Waals surface area contributed by atoms with Crippen LogP contribution in [0.25, 0.3) is 11.3 Å². The molecule has 26 heavy (non-hydrogen) atoms. The second kappa shape index (κ2) is 6.33. The number of benzene rings is 1. The summed E-state index contributed by atoms with van der Waals surface area (Å²) >= 11 is 0. The number of rotatable bonds is 4. The molecule has 10 heteroatoms. The third-order valence-electron chi connectivity index (χ3n) is 3.77. The van der Waals surface area contributed by atoms with Crippen LogP contribution < -0.4 is 0 Å². The Labute approximate surface area is 143 Å². The number of halogens is 6. The van der Waals surface area contributed by atoms with Crippen LogP contribution in [0.3, 0.4) is 0 Å². The van der Waals surface area contributed by atoms with Gasteiger partial charge in [0.1, 0.15) is 0 Å². The van der Waals surface area contributed by atoms with Crippen LogP contribution >= 0.6 is 0 Å². The number of aromatic nitrogens is 2. The van der Waals surface area contributed by atoms with Crippen molar-refractivity contribution in [3.8, 4) is 11.3 Å². The van der Waals surface area contributed by atoms with Gasteiger partial charge < -0.3 is 4.74 Å². The number of hydrogen-bond donors (Lipinski definition) is 0. The van der Waals surface area contributed by atoms with Gasteiger partial charge in [0.2, 0.25) is 0 Å². The van der Waals surface area contributed by atoms with Crippen molar-refractivity contribution >= 4 is 5.97 Å². The first kappa shape index (κ1) is 18.3. The molecule has 3 rings (SSSR count). The van der Waals surface area contributed by atoms with E-state index in [0.717, 1.165) is 17.5 Å². The van der Waals surface area contributed by atoms with E-state index in [2.05, 4.69) is 5.10 Å². The van der Waals surface area contributed by atoms with Crippen molar-refractivity contribution in [1.82, 2.24) is 9.78 Å². The summed E-state index contributed by atoms with van der Waals surface area (Å²) < 4.78 is 83.5. The van der Waals surface area contributed by atoms with Gasteiger partial charge in [-0.25, -0.2) is 4.68 Å². The molecule has 0 spiro atoms. The molecule has 0 amide bonds. The zero-order chi connectivity index (χ0) is 19.1. The Balaban J connectivity index is 1.87. The zero-order valence-electron chi connectivity index (χ0n) is 13.1. The Morgan fingerprint density at radius 2 is 1.65 bits per heavy atom. The van der Waals surface area contributed by atoms with Crippen LogP contribution in [-0.4, -0.2) is 15.7 Å². The van der Waals surface area contributed by atoms with Gasteiger partial charge in [-0.05, 0) is 37.1 Å². The van der Waals surface area contributed by atoms with Gasteiger partial charge in [-0.15, -0.1) is 0 Å². The lowest BCUT2D eigenvalue weighted by Gasteiger charge is -2.13. The summed E-state index contributed by atoms with van der Waals surface area (Å²) in [5.74, 6) is -0.539. The summed E-state index contributed by atoms with van der Waals surface area (Å²) in [7, 11) is 0. The first-order chi connectivity index (χ1) is 12.0.